The van der Waals surface area contributed by atoms with Gasteiger partial charge in [0.25, 0.3) is 5.56 Å². The molecule has 0 unspecified atom stereocenters. The van der Waals surface area contributed by atoms with Crippen molar-refractivity contribution in [2.24, 2.45) is 5.92 Å². The standard InChI is InChI=1S/C24H28N4O4/c1-16-7-6-12-27(14-16)23-18-8-4-5-9-19(18)24(30)28(26-23)15-22(29)25-20-11-10-17(31-2)13-21(20)32-3/h4-5,8-11,13,16H,6-7,12,14-15H2,1-3H3,(H,25,29)/t16-/m0/s1. The summed E-state index contributed by atoms with van der Waals surface area (Å²) in [5, 5.41) is 8.82. The molecule has 1 amide bonds. The molecule has 1 fully saturated rings. The fourth-order valence-corrected chi connectivity index (χ4v) is 4.17. The molecule has 1 aliphatic rings. The lowest BCUT2D eigenvalue weighted by atomic mass is 10.00. The minimum atomic E-state index is -0.365. The van der Waals surface area contributed by atoms with Crippen LogP contribution in [0.4, 0.5) is 11.5 Å². The maximum absolute atomic E-state index is 13.1. The third-order valence-corrected chi connectivity index (χ3v) is 5.78. The lowest BCUT2D eigenvalue weighted by Gasteiger charge is -2.32. The van der Waals surface area contributed by atoms with Gasteiger partial charge in [-0.25, -0.2) is 4.68 Å². The monoisotopic (exact) mass is 436 g/mol. The van der Waals surface area contributed by atoms with Gasteiger partial charge in [0.1, 0.15) is 18.0 Å². The number of nitrogens with one attached hydrogen (secondary N) is 1. The van der Waals surface area contributed by atoms with Crippen molar-refractivity contribution in [3.63, 3.8) is 0 Å². The molecule has 4 rings (SSSR count). The summed E-state index contributed by atoms with van der Waals surface area (Å²) in [7, 11) is 3.08. The Morgan fingerprint density at radius 1 is 1.16 bits per heavy atom. The molecule has 1 aliphatic heterocycles. The summed E-state index contributed by atoms with van der Waals surface area (Å²) in [4.78, 5) is 28.1. The average Bonchev–Trinajstić information content (AvgIpc) is 2.81. The van der Waals surface area contributed by atoms with E-state index < -0.39 is 0 Å². The number of carbonyl (C=O) groups excluding carboxylic acids is 1. The first-order valence-electron chi connectivity index (χ1n) is 10.8. The Kier molecular flexibility index (Phi) is 6.30. The Morgan fingerprint density at radius 2 is 1.94 bits per heavy atom. The van der Waals surface area contributed by atoms with E-state index in [4.69, 9.17) is 9.47 Å². The fourth-order valence-electron chi connectivity index (χ4n) is 4.17. The van der Waals surface area contributed by atoms with Crippen molar-refractivity contribution in [1.82, 2.24) is 9.78 Å². The predicted molar refractivity (Wildman–Crippen MR) is 125 cm³/mol. The van der Waals surface area contributed by atoms with Gasteiger partial charge in [-0.2, -0.15) is 5.10 Å². The van der Waals surface area contributed by atoms with Crippen molar-refractivity contribution in [2.75, 3.05) is 37.5 Å². The number of fused-ring (bicyclic) bond motifs is 1. The van der Waals surface area contributed by atoms with Gasteiger partial charge < -0.3 is 19.7 Å². The molecule has 0 saturated carbocycles. The molecule has 0 bridgehead atoms. The molecule has 1 aromatic heterocycles. The van der Waals surface area contributed by atoms with Crippen LogP contribution in [0.15, 0.2) is 47.3 Å². The number of piperidine rings is 1. The summed E-state index contributed by atoms with van der Waals surface area (Å²) >= 11 is 0. The van der Waals surface area contributed by atoms with Crippen LogP contribution in [0.2, 0.25) is 0 Å². The molecule has 1 atom stereocenters. The first kappa shape index (κ1) is 21.7. The van der Waals surface area contributed by atoms with Crippen LogP contribution < -0.4 is 25.2 Å². The second kappa shape index (κ2) is 9.30. The Labute approximate surface area is 186 Å². The van der Waals surface area contributed by atoms with Crippen LogP contribution in [0.1, 0.15) is 19.8 Å². The third kappa shape index (κ3) is 4.39. The highest BCUT2D eigenvalue weighted by molar-refractivity contribution is 5.94. The molecule has 0 spiro atoms. The van der Waals surface area contributed by atoms with Gasteiger partial charge in [-0.05, 0) is 37.0 Å². The van der Waals surface area contributed by atoms with Crippen LogP contribution in [0.3, 0.4) is 0 Å². The van der Waals surface area contributed by atoms with Crippen LogP contribution in [0.5, 0.6) is 11.5 Å². The number of carbonyl (C=O) groups is 1. The molecule has 1 N–H and O–H groups in total. The highest BCUT2D eigenvalue weighted by atomic mass is 16.5. The lowest BCUT2D eigenvalue weighted by molar-refractivity contribution is -0.117. The van der Waals surface area contributed by atoms with E-state index in [0.717, 1.165) is 30.7 Å². The first-order valence-corrected chi connectivity index (χ1v) is 10.8. The van der Waals surface area contributed by atoms with Crippen molar-refractivity contribution in [3.8, 4) is 11.5 Å². The Hall–Kier alpha value is -3.55. The van der Waals surface area contributed by atoms with E-state index in [9.17, 15) is 9.59 Å². The van der Waals surface area contributed by atoms with Crippen LogP contribution in [-0.4, -0.2) is 43.0 Å². The Morgan fingerprint density at radius 3 is 2.66 bits per heavy atom. The van der Waals surface area contributed by atoms with Gasteiger partial charge >= 0.3 is 0 Å². The van der Waals surface area contributed by atoms with Gasteiger partial charge in [0, 0.05) is 24.5 Å². The van der Waals surface area contributed by atoms with E-state index in [1.807, 2.05) is 18.2 Å². The number of nitrogens with zero attached hydrogens (tertiary/aromatic N) is 3. The fraction of sp³-hybridized carbons (Fsp3) is 0.375. The van der Waals surface area contributed by atoms with Gasteiger partial charge in [-0.1, -0.05) is 25.1 Å². The number of hydrogen-bond donors (Lipinski definition) is 1. The van der Waals surface area contributed by atoms with Crippen molar-refractivity contribution in [1.29, 1.82) is 0 Å². The Bertz CT molecular complexity index is 1190. The van der Waals surface area contributed by atoms with Crippen molar-refractivity contribution < 1.29 is 14.3 Å². The molecule has 168 valence electrons. The number of amides is 1. The number of ether oxygens (including phenoxy) is 2. The second-order valence-electron chi connectivity index (χ2n) is 8.14. The number of methoxy groups -OCH3 is 2. The molecule has 8 nitrogen and oxygen atoms in total. The summed E-state index contributed by atoms with van der Waals surface area (Å²) in [5.74, 6) is 2.03. The number of rotatable bonds is 6. The van der Waals surface area contributed by atoms with E-state index in [2.05, 4.69) is 22.2 Å². The molecule has 2 heterocycles. The van der Waals surface area contributed by atoms with Crippen LogP contribution >= 0.6 is 0 Å². The summed E-state index contributed by atoms with van der Waals surface area (Å²) in [6.45, 7) is 3.79. The molecule has 32 heavy (non-hydrogen) atoms. The van der Waals surface area contributed by atoms with Gasteiger partial charge in [0.15, 0.2) is 5.82 Å². The number of aromatic nitrogens is 2. The van der Waals surface area contributed by atoms with Gasteiger partial charge in [0.05, 0.1) is 25.3 Å². The highest BCUT2D eigenvalue weighted by Gasteiger charge is 2.22. The van der Waals surface area contributed by atoms with Crippen molar-refractivity contribution in [3.05, 3.63) is 52.8 Å². The molecular weight excluding hydrogens is 408 g/mol. The maximum atomic E-state index is 13.1. The topological polar surface area (TPSA) is 85.7 Å². The normalized spacial score (nSPS) is 16.1. The van der Waals surface area contributed by atoms with Crippen molar-refractivity contribution >= 4 is 28.2 Å². The molecule has 8 heteroatoms. The average molecular weight is 437 g/mol. The quantitative estimate of drug-likeness (QED) is 0.638. The molecule has 0 aliphatic carbocycles. The van der Waals surface area contributed by atoms with E-state index in [-0.39, 0.29) is 18.0 Å². The summed E-state index contributed by atoms with van der Waals surface area (Å²) in [5.41, 5.74) is 0.212. The minimum absolute atomic E-state index is 0.199. The smallest absolute Gasteiger partial charge is 0.275 e. The SMILES string of the molecule is COc1ccc(NC(=O)Cn2nc(N3CCC[C@H](C)C3)c3ccccc3c2=O)c(OC)c1. The van der Waals surface area contributed by atoms with E-state index in [1.54, 1.807) is 31.4 Å². The summed E-state index contributed by atoms with van der Waals surface area (Å²) < 4.78 is 11.8. The van der Waals surface area contributed by atoms with Crippen LogP contribution in [0.25, 0.3) is 10.8 Å². The molecule has 2 aromatic carbocycles. The number of anilines is 2. The van der Waals surface area contributed by atoms with Gasteiger partial charge in [0.2, 0.25) is 5.91 Å². The summed E-state index contributed by atoms with van der Waals surface area (Å²) in [6, 6.07) is 12.6. The van der Waals surface area contributed by atoms with Crippen LogP contribution in [-0.2, 0) is 11.3 Å². The van der Waals surface area contributed by atoms with Crippen molar-refractivity contribution in [2.45, 2.75) is 26.3 Å². The van der Waals surface area contributed by atoms with E-state index in [0.29, 0.717) is 28.5 Å². The highest BCUT2D eigenvalue weighted by Crippen LogP contribution is 2.29. The van der Waals surface area contributed by atoms with E-state index in [1.165, 1.54) is 18.2 Å². The number of hydrogen-bond acceptors (Lipinski definition) is 6. The zero-order valence-electron chi connectivity index (χ0n) is 18.6. The zero-order valence-corrected chi connectivity index (χ0v) is 18.6. The van der Waals surface area contributed by atoms with E-state index >= 15 is 0 Å². The maximum Gasteiger partial charge on any atom is 0.275 e. The van der Waals surface area contributed by atoms with Gasteiger partial charge in [-0.3, -0.25) is 9.59 Å². The second-order valence-corrected chi connectivity index (χ2v) is 8.14. The third-order valence-electron chi connectivity index (χ3n) is 5.78. The molecule has 3 aromatic rings. The zero-order chi connectivity index (χ0) is 22.7. The number of benzene rings is 2. The Balaban J connectivity index is 1.65. The largest absolute Gasteiger partial charge is 0.497 e. The molecular formula is C24H28N4O4. The van der Waals surface area contributed by atoms with Gasteiger partial charge in [-0.15, -0.1) is 0 Å². The molecule has 0 radical (unpaired) electrons. The minimum Gasteiger partial charge on any atom is -0.497 e. The summed E-state index contributed by atoms with van der Waals surface area (Å²) in [6.07, 6.45) is 2.26. The lowest BCUT2D eigenvalue weighted by Crippen LogP contribution is -2.38. The molecule has 1 saturated heterocycles. The first-order chi connectivity index (χ1) is 15.5. The predicted octanol–water partition coefficient (Wildman–Crippen LogP) is 3.29. The van der Waals surface area contributed by atoms with Crippen LogP contribution in [0, 0.1) is 5.92 Å².